The number of hydrogen-bond donors (Lipinski definition) is 1. The molecule has 3 rings (SSSR count). The molecule has 11 nitrogen and oxygen atoms in total. The number of rotatable bonds is 13. The molecule has 0 saturated carbocycles. The Hall–Kier alpha value is -3.58. The zero-order chi connectivity index (χ0) is 33.6. The van der Waals surface area contributed by atoms with Gasteiger partial charge in [0.1, 0.15) is 18.3 Å². The average Bonchev–Trinajstić information content (AvgIpc) is 2.98. The summed E-state index contributed by atoms with van der Waals surface area (Å²) in [6.45, 7) is 5.70. The first-order valence-electron chi connectivity index (χ1n) is 13.8. The van der Waals surface area contributed by atoms with Gasteiger partial charge in [-0.1, -0.05) is 53.9 Å². The van der Waals surface area contributed by atoms with Gasteiger partial charge in [-0.3, -0.25) is 24.0 Å². The molecule has 0 radical (unpaired) electrons. The van der Waals surface area contributed by atoms with E-state index in [2.05, 4.69) is 5.32 Å². The minimum atomic E-state index is -4.66. The number of nitrogens with one attached hydrogen (secondary N) is 1. The van der Waals surface area contributed by atoms with Crippen molar-refractivity contribution in [2.75, 3.05) is 18.0 Å². The number of nitro benzene ring substituents is 1. The average molecular weight is 700 g/mol. The quantitative estimate of drug-likeness (QED) is 0.161. The molecule has 45 heavy (non-hydrogen) atoms. The van der Waals surface area contributed by atoms with Gasteiger partial charge in [-0.15, -0.1) is 0 Å². The summed E-state index contributed by atoms with van der Waals surface area (Å²) in [4.78, 5) is 39.2. The Morgan fingerprint density at radius 2 is 1.67 bits per heavy atom. The molecule has 0 bridgehead atoms. The summed E-state index contributed by atoms with van der Waals surface area (Å²) in [5.41, 5.74) is 0.188. The van der Waals surface area contributed by atoms with Gasteiger partial charge in [-0.25, -0.2) is 8.42 Å². The maximum atomic E-state index is 14.2. The molecule has 3 aromatic rings. The second-order valence-corrected chi connectivity index (χ2v) is 13.4. The first-order chi connectivity index (χ1) is 21.1. The van der Waals surface area contributed by atoms with E-state index in [1.54, 1.807) is 12.1 Å². The highest BCUT2D eigenvalue weighted by molar-refractivity contribution is 7.92. The first-order valence-corrected chi connectivity index (χ1v) is 16.3. The van der Waals surface area contributed by atoms with Crippen LogP contribution in [-0.4, -0.2) is 55.8 Å². The van der Waals surface area contributed by atoms with Gasteiger partial charge in [0.2, 0.25) is 11.8 Å². The Balaban J connectivity index is 2.18. The van der Waals surface area contributed by atoms with Crippen molar-refractivity contribution in [1.29, 1.82) is 0 Å². The second-order valence-electron chi connectivity index (χ2n) is 10.3. The highest BCUT2D eigenvalue weighted by Gasteiger charge is 2.35. The molecule has 0 aliphatic heterocycles. The van der Waals surface area contributed by atoms with Crippen molar-refractivity contribution >= 4 is 68.0 Å². The van der Waals surface area contributed by atoms with E-state index in [0.717, 1.165) is 10.4 Å². The number of carbonyl (C=O) groups is 2. The third kappa shape index (κ3) is 8.57. The number of sulfonamides is 1. The highest BCUT2D eigenvalue weighted by atomic mass is 35.5. The van der Waals surface area contributed by atoms with E-state index >= 15 is 0 Å². The third-order valence-corrected chi connectivity index (χ3v) is 9.76. The predicted molar refractivity (Wildman–Crippen MR) is 175 cm³/mol. The van der Waals surface area contributed by atoms with Crippen molar-refractivity contribution in [3.05, 3.63) is 90.9 Å². The summed E-state index contributed by atoms with van der Waals surface area (Å²) >= 11 is 18.7. The number of methoxy groups -OCH3 is 1. The normalized spacial score (nSPS) is 12.6. The van der Waals surface area contributed by atoms with E-state index in [1.807, 2.05) is 13.8 Å². The van der Waals surface area contributed by atoms with Gasteiger partial charge in [0, 0.05) is 39.3 Å². The number of ether oxygens (including phenoxy) is 1. The van der Waals surface area contributed by atoms with Crippen LogP contribution in [0.3, 0.4) is 0 Å². The summed E-state index contributed by atoms with van der Waals surface area (Å²) < 4.78 is 34.6. The fraction of sp³-hybridized carbons (Fsp3) is 0.333. The van der Waals surface area contributed by atoms with E-state index in [4.69, 9.17) is 39.5 Å². The molecular formula is C30H33Cl3N4O7S. The van der Waals surface area contributed by atoms with Crippen molar-refractivity contribution in [3.63, 3.8) is 0 Å². The van der Waals surface area contributed by atoms with Crippen LogP contribution in [0.1, 0.15) is 38.3 Å². The third-order valence-electron chi connectivity index (χ3n) is 7.18. The van der Waals surface area contributed by atoms with Gasteiger partial charge >= 0.3 is 0 Å². The lowest BCUT2D eigenvalue weighted by Crippen LogP contribution is -2.52. The van der Waals surface area contributed by atoms with Crippen molar-refractivity contribution in [1.82, 2.24) is 10.2 Å². The standard InChI is InChI=1S/C30H33Cl3N4O7S/c1-6-19(3)34-30(39)20(4)35(16-21-8-9-22(31)13-25(21)33)29(38)17-36(27-14-23(32)10-12-28(27)44-5)45(42,43)24-11-7-18(2)26(15-24)37(40)41/h7-15,19-20H,6,16-17H2,1-5H3,(H,34,39). The van der Waals surface area contributed by atoms with Crippen LogP contribution in [-0.2, 0) is 26.2 Å². The number of carbonyl (C=O) groups excluding carboxylic acids is 2. The monoisotopic (exact) mass is 698 g/mol. The van der Waals surface area contributed by atoms with Crippen molar-refractivity contribution in [2.45, 2.75) is 57.6 Å². The molecule has 242 valence electrons. The van der Waals surface area contributed by atoms with Gasteiger partial charge < -0.3 is 15.0 Å². The number of hydrogen-bond acceptors (Lipinski definition) is 7. The van der Waals surface area contributed by atoms with Gasteiger partial charge in [-0.05, 0) is 69.2 Å². The van der Waals surface area contributed by atoms with Crippen LogP contribution in [0.5, 0.6) is 5.75 Å². The molecular weight excluding hydrogens is 667 g/mol. The van der Waals surface area contributed by atoms with Crippen molar-refractivity contribution in [2.24, 2.45) is 0 Å². The SMILES string of the molecule is CCC(C)NC(=O)C(C)N(Cc1ccc(Cl)cc1Cl)C(=O)CN(c1cc(Cl)ccc1OC)S(=O)(=O)c1ccc(C)c([N+](=O)[O-])c1. The zero-order valence-electron chi connectivity index (χ0n) is 25.2. The van der Waals surface area contributed by atoms with Crippen LogP contribution in [0.4, 0.5) is 11.4 Å². The van der Waals surface area contributed by atoms with Crippen molar-refractivity contribution < 1.29 is 27.7 Å². The van der Waals surface area contributed by atoms with E-state index in [1.165, 1.54) is 62.3 Å². The van der Waals surface area contributed by atoms with Crippen LogP contribution < -0.4 is 14.4 Å². The zero-order valence-corrected chi connectivity index (χ0v) is 28.3. The molecule has 0 heterocycles. The van der Waals surface area contributed by atoms with E-state index in [-0.39, 0.29) is 39.6 Å². The lowest BCUT2D eigenvalue weighted by Gasteiger charge is -2.33. The maximum absolute atomic E-state index is 14.2. The molecule has 0 saturated heterocycles. The summed E-state index contributed by atoms with van der Waals surface area (Å²) in [5.74, 6) is -1.18. The number of halogens is 3. The predicted octanol–water partition coefficient (Wildman–Crippen LogP) is 6.40. The fourth-order valence-electron chi connectivity index (χ4n) is 4.33. The van der Waals surface area contributed by atoms with Crippen LogP contribution in [0.2, 0.25) is 15.1 Å². The number of nitro groups is 1. The van der Waals surface area contributed by atoms with Gasteiger partial charge in [0.15, 0.2) is 0 Å². The lowest BCUT2D eigenvalue weighted by molar-refractivity contribution is -0.385. The van der Waals surface area contributed by atoms with Crippen LogP contribution in [0.15, 0.2) is 59.5 Å². The number of amides is 2. The topological polar surface area (TPSA) is 139 Å². The molecule has 0 fully saturated rings. The largest absolute Gasteiger partial charge is 0.495 e. The summed E-state index contributed by atoms with van der Waals surface area (Å²) in [5, 5.41) is 15.2. The Labute approximate surface area is 277 Å². The smallest absolute Gasteiger partial charge is 0.273 e. The number of benzene rings is 3. The minimum Gasteiger partial charge on any atom is -0.495 e. The van der Waals surface area contributed by atoms with Gasteiger partial charge in [0.25, 0.3) is 15.7 Å². The maximum Gasteiger partial charge on any atom is 0.273 e. The number of aryl methyl sites for hydroxylation is 1. The van der Waals surface area contributed by atoms with E-state index < -0.39 is 49.9 Å². The molecule has 3 aromatic carbocycles. The number of anilines is 1. The Bertz CT molecular complexity index is 1700. The molecule has 0 aliphatic rings. The first kappa shape index (κ1) is 35.9. The second kappa shape index (κ2) is 15.1. The lowest BCUT2D eigenvalue weighted by atomic mass is 10.1. The van der Waals surface area contributed by atoms with Crippen LogP contribution in [0, 0.1) is 17.0 Å². The molecule has 15 heteroatoms. The van der Waals surface area contributed by atoms with Crippen LogP contribution in [0.25, 0.3) is 0 Å². The molecule has 2 amide bonds. The Kier molecular flexibility index (Phi) is 12.1. The Morgan fingerprint density at radius 3 is 2.27 bits per heavy atom. The Morgan fingerprint density at radius 1 is 1.02 bits per heavy atom. The molecule has 0 aliphatic carbocycles. The van der Waals surface area contributed by atoms with Crippen LogP contribution >= 0.6 is 34.8 Å². The summed E-state index contributed by atoms with van der Waals surface area (Å²) in [6, 6.07) is 11.0. The fourth-order valence-corrected chi connectivity index (χ4v) is 6.40. The van der Waals surface area contributed by atoms with Crippen molar-refractivity contribution in [3.8, 4) is 5.75 Å². The molecule has 2 atom stereocenters. The molecule has 2 unspecified atom stereocenters. The van der Waals surface area contributed by atoms with E-state index in [9.17, 15) is 28.1 Å². The molecule has 1 N–H and O–H groups in total. The number of nitrogens with zero attached hydrogens (tertiary/aromatic N) is 3. The molecule has 0 aromatic heterocycles. The summed E-state index contributed by atoms with van der Waals surface area (Å²) in [6.07, 6.45) is 0.638. The minimum absolute atomic E-state index is 0.0623. The highest BCUT2D eigenvalue weighted by Crippen LogP contribution is 2.36. The summed E-state index contributed by atoms with van der Waals surface area (Å²) in [7, 11) is -3.35. The van der Waals surface area contributed by atoms with Gasteiger partial charge in [0.05, 0.1) is 22.6 Å². The molecule has 0 spiro atoms. The van der Waals surface area contributed by atoms with Gasteiger partial charge in [-0.2, -0.15) is 0 Å². The van der Waals surface area contributed by atoms with E-state index in [0.29, 0.717) is 17.0 Å².